The molecule has 0 amide bonds. The van der Waals surface area contributed by atoms with Gasteiger partial charge in [0, 0.05) is 18.6 Å². The van der Waals surface area contributed by atoms with Gasteiger partial charge in [-0.3, -0.25) is 4.68 Å². The van der Waals surface area contributed by atoms with Gasteiger partial charge in [0.05, 0.1) is 5.69 Å². The highest BCUT2D eigenvalue weighted by molar-refractivity contribution is 6.18. The van der Waals surface area contributed by atoms with E-state index in [-0.39, 0.29) is 0 Å². The molecule has 1 heterocycles. The Bertz CT molecular complexity index is 268. The molecule has 74 valence electrons. The average Bonchev–Trinajstić information content (AvgIpc) is 2.47. The minimum atomic E-state index is 0.529. The Morgan fingerprint density at radius 1 is 1.62 bits per heavy atom. The lowest BCUT2D eigenvalue weighted by molar-refractivity contribution is 0.599. The first-order valence-electron chi connectivity index (χ1n) is 4.75. The zero-order chi connectivity index (χ0) is 9.84. The third-order valence-electron chi connectivity index (χ3n) is 2.21. The van der Waals surface area contributed by atoms with Crippen LogP contribution in [0.4, 0.5) is 0 Å². The summed E-state index contributed by atoms with van der Waals surface area (Å²) in [5.41, 5.74) is 2.45. The van der Waals surface area contributed by atoms with Gasteiger partial charge in [-0.1, -0.05) is 13.8 Å². The summed E-state index contributed by atoms with van der Waals surface area (Å²) in [6.07, 6.45) is 2.02. The molecule has 0 aliphatic rings. The summed E-state index contributed by atoms with van der Waals surface area (Å²) in [6, 6.07) is 2.17. The van der Waals surface area contributed by atoms with E-state index in [0.29, 0.717) is 11.8 Å². The molecule has 0 saturated heterocycles. The molecule has 3 heteroatoms. The first-order valence-corrected chi connectivity index (χ1v) is 5.28. The zero-order valence-electron chi connectivity index (χ0n) is 8.55. The number of hydrogen-bond acceptors (Lipinski definition) is 1. The monoisotopic (exact) mass is 200 g/mol. The maximum atomic E-state index is 5.77. The molecular formula is C10H17ClN2. The van der Waals surface area contributed by atoms with Crippen molar-refractivity contribution in [1.29, 1.82) is 0 Å². The van der Waals surface area contributed by atoms with Crippen LogP contribution in [0.25, 0.3) is 0 Å². The molecule has 0 bridgehead atoms. The van der Waals surface area contributed by atoms with Crippen LogP contribution >= 0.6 is 11.6 Å². The van der Waals surface area contributed by atoms with Gasteiger partial charge in [0.15, 0.2) is 0 Å². The van der Waals surface area contributed by atoms with Crippen LogP contribution in [0, 0.1) is 5.92 Å². The van der Waals surface area contributed by atoms with Gasteiger partial charge in [0.1, 0.15) is 0 Å². The largest absolute Gasteiger partial charge is 0.272 e. The van der Waals surface area contributed by atoms with Crippen molar-refractivity contribution in [1.82, 2.24) is 9.78 Å². The summed E-state index contributed by atoms with van der Waals surface area (Å²) >= 11 is 5.77. The van der Waals surface area contributed by atoms with Crippen molar-refractivity contribution in [2.45, 2.75) is 26.7 Å². The number of halogens is 1. The molecule has 0 aromatic carbocycles. The maximum Gasteiger partial charge on any atom is 0.0624 e. The van der Waals surface area contributed by atoms with Crippen LogP contribution < -0.4 is 0 Å². The molecule has 0 aliphatic carbocycles. The molecule has 1 rings (SSSR count). The Kier molecular flexibility index (Phi) is 3.79. The normalized spacial score (nSPS) is 13.2. The highest BCUT2D eigenvalue weighted by Gasteiger charge is 2.07. The number of rotatable bonds is 4. The van der Waals surface area contributed by atoms with Crippen LogP contribution in [-0.4, -0.2) is 15.7 Å². The summed E-state index contributed by atoms with van der Waals surface area (Å²) in [5, 5.41) is 4.39. The highest BCUT2D eigenvalue weighted by Crippen LogP contribution is 2.11. The second-order valence-corrected chi connectivity index (χ2v) is 3.88. The van der Waals surface area contributed by atoms with Crippen molar-refractivity contribution < 1.29 is 0 Å². The molecule has 0 fully saturated rings. The molecule has 1 atom stereocenters. The molecule has 1 aromatic rings. The molecular weight excluding hydrogens is 184 g/mol. The van der Waals surface area contributed by atoms with Crippen molar-refractivity contribution in [2.24, 2.45) is 13.0 Å². The average molecular weight is 201 g/mol. The van der Waals surface area contributed by atoms with Crippen molar-refractivity contribution in [2.75, 3.05) is 5.88 Å². The topological polar surface area (TPSA) is 17.8 Å². The molecule has 0 saturated carbocycles. The molecule has 0 aliphatic heterocycles. The van der Waals surface area contributed by atoms with E-state index in [9.17, 15) is 0 Å². The summed E-state index contributed by atoms with van der Waals surface area (Å²) < 4.78 is 1.96. The third kappa shape index (κ3) is 2.73. The van der Waals surface area contributed by atoms with Crippen LogP contribution in [-0.2, 0) is 19.9 Å². The molecule has 1 unspecified atom stereocenters. The smallest absolute Gasteiger partial charge is 0.0624 e. The van der Waals surface area contributed by atoms with Crippen LogP contribution in [0.3, 0.4) is 0 Å². The minimum absolute atomic E-state index is 0.529. The fourth-order valence-corrected chi connectivity index (χ4v) is 1.46. The molecule has 2 nitrogen and oxygen atoms in total. The van der Waals surface area contributed by atoms with Gasteiger partial charge in [0.2, 0.25) is 0 Å². The summed E-state index contributed by atoms with van der Waals surface area (Å²) in [7, 11) is 2.00. The van der Waals surface area contributed by atoms with E-state index in [1.54, 1.807) is 0 Å². The minimum Gasteiger partial charge on any atom is -0.272 e. The van der Waals surface area contributed by atoms with Crippen molar-refractivity contribution >= 4 is 11.6 Å². The first kappa shape index (κ1) is 10.6. The lowest BCUT2D eigenvalue weighted by atomic mass is 10.1. The predicted octanol–water partition coefficient (Wildman–Crippen LogP) is 2.40. The predicted molar refractivity (Wildman–Crippen MR) is 56.2 cm³/mol. The zero-order valence-corrected chi connectivity index (χ0v) is 9.30. The van der Waals surface area contributed by atoms with Crippen molar-refractivity contribution in [3.8, 4) is 0 Å². The van der Waals surface area contributed by atoms with Crippen molar-refractivity contribution in [3.05, 3.63) is 17.5 Å². The van der Waals surface area contributed by atoms with E-state index in [0.717, 1.165) is 12.8 Å². The van der Waals surface area contributed by atoms with E-state index < -0.39 is 0 Å². The molecule has 0 N–H and O–H groups in total. The van der Waals surface area contributed by atoms with Gasteiger partial charge in [0.25, 0.3) is 0 Å². The molecule has 13 heavy (non-hydrogen) atoms. The standard InChI is InChI=1S/C10H17ClN2/c1-4-9-6-10(13(3)12-9)5-8(2)7-11/h6,8H,4-5,7H2,1-3H3. The van der Waals surface area contributed by atoms with Gasteiger partial charge in [-0.25, -0.2) is 0 Å². The van der Waals surface area contributed by atoms with Gasteiger partial charge in [-0.15, -0.1) is 11.6 Å². The fourth-order valence-electron chi connectivity index (χ4n) is 1.35. The second kappa shape index (κ2) is 4.66. The summed E-state index contributed by atoms with van der Waals surface area (Å²) in [5.74, 6) is 1.24. The number of aromatic nitrogens is 2. The molecule has 0 radical (unpaired) electrons. The van der Waals surface area contributed by atoms with Gasteiger partial charge in [-0.2, -0.15) is 5.10 Å². The summed E-state index contributed by atoms with van der Waals surface area (Å²) in [6.45, 7) is 4.28. The summed E-state index contributed by atoms with van der Waals surface area (Å²) in [4.78, 5) is 0. The first-order chi connectivity index (χ1) is 6.17. The number of nitrogens with zero attached hydrogens (tertiary/aromatic N) is 2. The SMILES string of the molecule is CCc1cc(CC(C)CCl)n(C)n1. The van der Waals surface area contributed by atoms with E-state index >= 15 is 0 Å². The number of aryl methyl sites for hydroxylation is 2. The number of hydrogen-bond donors (Lipinski definition) is 0. The van der Waals surface area contributed by atoms with Crippen LogP contribution in [0.15, 0.2) is 6.07 Å². The van der Waals surface area contributed by atoms with E-state index in [4.69, 9.17) is 11.6 Å². The highest BCUT2D eigenvalue weighted by atomic mass is 35.5. The molecule has 1 aromatic heterocycles. The lowest BCUT2D eigenvalue weighted by Gasteiger charge is -2.06. The van der Waals surface area contributed by atoms with Crippen LogP contribution in [0.2, 0.25) is 0 Å². The van der Waals surface area contributed by atoms with Crippen molar-refractivity contribution in [3.63, 3.8) is 0 Å². The lowest BCUT2D eigenvalue weighted by Crippen LogP contribution is -2.06. The van der Waals surface area contributed by atoms with E-state index in [1.165, 1.54) is 11.4 Å². The number of alkyl halides is 1. The van der Waals surface area contributed by atoms with E-state index in [1.807, 2.05) is 11.7 Å². The maximum absolute atomic E-state index is 5.77. The Labute approximate surface area is 84.9 Å². The second-order valence-electron chi connectivity index (χ2n) is 3.57. The third-order valence-corrected chi connectivity index (χ3v) is 2.74. The van der Waals surface area contributed by atoms with E-state index in [2.05, 4.69) is 25.0 Å². The van der Waals surface area contributed by atoms with Gasteiger partial charge >= 0.3 is 0 Å². The van der Waals surface area contributed by atoms with Crippen LogP contribution in [0.5, 0.6) is 0 Å². The Balaban J connectivity index is 2.70. The van der Waals surface area contributed by atoms with Gasteiger partial charge in [-0.05, 0) is 24.8 Å². The molecule has 0 spiro atoms. The Morgan fingerprint density at radius 3 is 2.77 bits per heavy atom. The quantitative estimate of drug-likeness (QED) is 0.683. The Hall–Kier alpha value is -0.500. The van der Waals surface area contributed by atoms with Crippen LogP contribution in [0.1, 0.15) is 25.2 Å². The fraction of sp³-hybridized carbons (Fsp3) is 0.700. The van der Waals surface area contributed by atoms with Gasteiger partial charge < -0.3 is 0 Å². The Morgan fingerprint density at radius 2 is 2.31 bits per heavy atom.